The molecule has 6 aromatic rings. The molecule has 20 heteroatoms. The van der Waals surface area contributed by atoms with Gasteiger partial charge in [-0.3, -0.25) is 49.1 Å². The predicted octanol–water partition coefficient (Wildman–Crippen LogP) is 4.14. The van der Waals surface area contributed by atoms with Crippen LogP contribution in [0.5, 0.6) is 0 Å². The first kappa shape index (κ1) is 40.3. The summed E-state index contributed by atoms with van der Waals surface area (Å²) in [6.45, 7) is 13.4. The Balaban J connectivity index is 1.33. The van der Waals surface area contributed by atoms with Crippen LogP contribution in [0.1, 0.15) is 87.7 Å². The molecule has 0 radical (unpaired) electrons. The third-order valence-electron chi connectivity index (χ3n) is 8.80. The van der Waals surface area contributed by atoms with Crippen LogP contribution in [0.4, 0.5) is 22.4 Å². The number of carbonyl (C=O) groups excluding carboxylic acids is 5. The molecular weight excluding hydrogens is 749 g/mol. The van der Waals surface area contributed by atoms with Crippen molar-refractivity contribution in [1.82, 2.24) is 43.6 Å². The Morgan fingerprint density at radius 2 is 1.40 bits per heavy atom. The Morgan fingerprint density at radius 3 is 2.05 bits per heavy atom. The van der Waals surface area contributed by atoms with Gasteiger partial charge >= 0.3 is 6.09 Å². The van der Waals surface area contributed by atoms with E-state index in [0.717, 1.165) is 0 Å². The topological polar surface area (TPSA) is 267 Å². The van der Waals surface area contributed by atoms with E-state index in [1.807, 2.05) is 6.92 Å². The highest BCUT2D eigenvalue weighted by Crippen LogP contribution is 2.26. The largest absolute Gasteiger partial charge is 0.444 e. The molecule has 0 saturated carbocycles. The average molecular weight is 793 g/mol. The minimum atomic E-state index is -0.784. The summed E-state index contributed by atoms with van der Waals surface area (Å²) >= 11 is 0. The standard InChI is InChI=1S/C38H44N14O6/c1-8-51-27(16-20(3)47-51)33(55)45-36-43-25-18-23(31(40)54)19-41-32(25)50(36)15-11-10-14-49-26-13-12-22(30(39)53)17-24(26)42-35(49)46-34(56)29-28(21(4)48-52(29)9-2)44-37(57)58-38(5,6)7/h10-13,16-19H,8-9,14-15H2,1-7H3,(H2,39,53)(H2,40,54)(H,44,57)(H,42,46,56)(H,43,45,55)/b11-10+. The van der Waals surface area contributed by atoms with Crippen LogP contribution in [0.15, 0.2) is 48.7 Å². The molecule has 0 aliphatic carbocycles. The number of allylic oxidation sites excluding steroid dienone is 2. The van der Waals surface area contributed by atoms with E-state index in [4.69, 9.17) is 16.2 Å². The van der Waals surface area contributed by atoms with Gasteiger partial charge in [0.05, 0.1) is 33.7 Å². The van der Waals surface area contributed by atoms with Crippen LogP contribution in [-0.2, 0) is 30.9 Å². The summed E-state index contributed by atoms with van der Waals surface area (Å²) in [4.78, 5) is 77.9. The van der Waals surface area contributed by atoms with Gasteiger partial charge in [-0.05, 0) is 78.8 Å². The van der Waals surface area contributed by atoms with Crippen molar-refractivity contribution in [3.8, 4) is 0 Å². The summed E-state index contributed by atoms with van der Waals surface area (Å²) in [7, 11) is 0. The maximum atomic E-state index is 14.0. The van der Waals surface area contributed by atoms with Gasteiger partial charge in [0.15, 0.2) is 11.3 Å². The zero-order chi connectivity index (χ0) is 42.1. The molecule has 5 amide bonds. The lowest BCUT2D eigenvalue weighted by molar-refractivity contribution is 0.0635. The van der Waals surface area contributed by atoms with Crippen LogP contribution in [0.3, 0.4) is 0 Å². The van der Waals surface area contributed by atoms with Crippen molar-refractivity contribution in [3.05, 3.63) is 82.6 Å². The van der Waals surface area contributed by atoms with Gasteiger partial charge in [0.25, 0.3) is 11.8 Å². The Hall–Kier alpha value is -7.38. The fourth-order valence-corrected chi connectivity index (χ4v) is 6.23. The Morgan fingerprint density at radius 1 is 0.776 bits per heavy atom. The molecule has 7 N–H and O–H groups in total. The molecule has 58 heavy (non-hydrogen) atoms. The van der Waals surface area contributed by atoms with E-state index in [1.54, 1.807) is 85.7 Å². The van der Waals surface area contributed by atoms with Gasteiger partial charge < -0.3 is 20.8 Å². The number of anilines is 3. The Labute approximate surface area is 331 Å². The molecule has 5 heterocycles. The van der Waals surface area contributed by atoms with Gasteiger partial charge in [0.1, 0.15) is 16.8 Å². The van der Waals surface area contributed by atoms with Crippen molar-refractivity contribution < 1.29 is 28.7 Å². The number of benzene rings is 1. The van der Waals surface area contributed by atoms with Crippen LogP contribution in [-0.4, -0.2) is 79.0 Å². The zero-order valence-electron chi connectivity index (χ0n) is 33.1. The number of pyridine rings is 1. The van der Waals surface area contributed by atoms with Crippen molar-refractivity contribution in [1.29, 1.82) is 0 Å². The smallest absolute Gasteiger partial charge is 0.412 e. The monoisotopic (exact) mass is 792 g/mol. The van der Waals surface area contributed by atoms with E-state index in [-0.39, 0.29) is 47.5 Å². The molecule has 0 bridgehead atoms. The number of aromatic nitrogens is 9. The first-order valence-corrected chi connectivity index (χ1v) is 18.3. The number of imidazole rings is 2. The molecule has 302 valence electrons. The van der Waals surface area contributed by atoms with Gasteiger partial charge in [-0.25, -0.2) is 19.7 Å². The summed E-state index contributed by atoms with van der Waals surface area (Å²) < 4.78 is 11.8. The Bertz CT molecular complexity index is 2640. The molecule has 20 nitrogen and oxygen atoms in total. The number of ether oxygens (including phenoxy) is 1. The lowest BCUT2D eigenvalue weighted by atomic mass is 10.2. The van der Waals surface area contributed by atoms with Gasteiger partial charge in [-0.2, -0.15) is 10.2 Å². The van der Waals surface area contributed by atoms with Crippen LogP contribution in [0, 0.1) is 13.8 Å². The van der Waals surface area contributed by atoms with Gasteiger partial charge in [0, 0.05) is 37.9 Å². The number of nitrogens with zero attached hydrogens (tertiary/aromatic N) is 9. The fraction of sp³-hybridized carbons (Fsp3) is 0.316. The minimum absolute atomic E-state index is 0.0727. The number of primary amides is 2. The van der Waals surface area contributed by atoms with E-state index in [2.05, 4.69) is 41.1 Å². The highest BCUT2D eigenvalue weighted by molar-refractivity contribution is 6.09. The number of rotatable bonds is 13. The second kappa shape index (κ2) is 16.0. The third kappa shape index (κ3) is 8.39. The minimum Gasteiger partial charge on any atom is -0.444 e. The second-order valence-corrected chi connectivity index (χ2v) is 14.2. The molecule has 0 aliphatic heterocycles. The molecule has 0 saturated heterocycles. The first-order chi connectivity index (χ1) is 27.5. The summed E-state index contributed by atoms with van der Waals surface area (Å²) in [6.07, 6.45) is 4.19. The molecule has 0 atom stereocenters. The number of carbonyl (C=O) groups is 5. The molecule has 5 aromatic heterocycles. The summed E-state index contributed by atoms with van der Waals surface area (Å²) in [5, 5.41) is 17.2. The summed E-state index contributed by atoms with van der Waals surface area (Å²) in [5.74, 6) is -2.10. The van der Waals surface area contributed by atoms with E-state index >= 15 is 0 Å². The van der Waals surface area contributed by atoms with Crippen molar-refractivity contribution in [2.24, 2.45) is 11.5 Å². The molecule has 0 fully saturated rings. The fourth-order valence-electron chi connectivity index (χ4n) is 6.23. The van der Waals surface area contributed by atoms with Crippen molar-refractivity contribution in [2.45, 2.75) is 80.2 Å². The molecule has 0 spiro atoms. The van der Waals surface area contributed by atoms with Gasteiger partial charge in [-0.1, -0.05) is 12.2 Å². The van der Waals surface area contributed by atoms with Crippen LogP contribution in [0.25, 0.3) is 22.2 Å². The zero-order valence-corrected chi connectivity index (χ0v) is 33.1. The predicted molar refractivity (Wildman–Crippen MR) is 214 cm³/mol. The quantitative estimate of drug-likeness (QED) is 0.104. The average Bonchev–Trinajstić information content (AvgIpc) is 3.89. The normalized spacial score (nSPS) is 11.7. The van der Waals surface area contributed by atoms with Crippen LogP contribution in [0.2, 0.25) is 0 Å². The highest BCUT2D eigenvalue weighted by Gasteiger charge is 2.27. The van der Waals surface area contributed by atoms with Gasteiger partial charge in [-0.15, -0.1) is 0 Å². The number of hydrogen-bond donors (Lipinski definition) is 5. The summed E-state index contributed by atoms with van der Waals surface area (Å²) in [5.41, 5.74) is 14.0. The van der Waals surface area contributed by atoms with E-state index in [9.17, 15) is 24.0 Å². The molecule has 0 unspecified atom stereocenters. The second-order valence-electron chi connectivity index (χ2n) is 14.2. The van der Waals surface area contributed by atoms with E-state index < -0.39 is 35.3 Å². The lowest BCUT2D eigenvalue weighted by Crippen LogP contribution is -2.28. The van der Waals surface area contributed by atoms with Crippen molar-refractivity contribution >= 4 is 69.5 Å². The van der Waals surface area contributed by atoms with Crippen molar-refractivity contribution in [2.75, 3.05) is 16.0 Å². The van der Waals surface area contributed by atoms with Crippen molar-refractivity contribution in [3.63, 3.8) is 0 Å². The van der Waals surface area contributed by atoms with E-state index in [0.29, 0.717) is 52.4 Å². The number of nitrogens with two attached hydrogens (primary N) is 2. The number of fused-ring (bicyclic) bond motifs is 2. The maximum absolute atomic E-state index is 14.0. The third-order valence-corrected chi connectivity index (χ3v) is 8.80. The SMILES string of the molecule is CCn1nc(C)cc1C(=O)Nc1nc2cc(C(N)=O)cnc2n1C/C=C/Cn1c(NC(=O)c2c(NC(=O)OC(C)(C)C)c(C)nn2CC)nc2cc(C(N)=O)ccc21. The highest BCUT2D eigenvalue weighted by atomic mass is 16.6. The molecule has 6 rings (SSSR count). The van der Waals surface area contributed by atoms with Crippen LogP contribution >= 0.6 is 0 Å². The molecule has 0 aliphatic rings. The van der Waals surface area contributed by atoms with E-state index in [1.165, 1.54) is 23.0 Å². The number of amides is 5. The molecule has 1 aromatic carbocycles. The van der Waals surface area contributed by atoms with Crippen LogP contribution < -0.4 is 27.4 Å². The number of hydrogen-bond acceptors (Lipinski definition) is 11. The number of aryl methyl sites for hydroxylation is 4. The number of nitrogens with one attached hydrogen (secondary N) is 3. The maximum Gasteiger partial charge on any atom is 0.412 e. The first-order valence-electron chi connectivity index (χ1n) is 18.3. The Kier molecular flexibility index (Phi) is 11.1. The summed E-state index contributed by atoms with van der Waals surface area (Å²) in [6, 6.07) is 7.91. The molecular formula is C38H44N14O6. The van der Waals surface area contributed by atoms with Gasteiger partial charge in [0.2, 0.25) is 23.7 Å². The lowest BCUT2D eigenvalue weighted by Gasteiger charge is -2.20.